The summed E-state index contributed by atoms with van der Waals surface area (Å²) < 4.78 is 5.30. The van der Waals surface area contributed by atoms with E-state index in [1.165, 1.54) is 0 Å². The zero-order valence-corrected chi connectivity index (χ0v) is 14.0. The van der Waals surface area contributed by atoms with E-state index < -0.39 is 6.09 Å². The first-order valence-electron chi connectivity index (χ1n) is 8.21. The fourth-order valence-electron chi connectivity index (χ4n) is 2.75. The number of carbonyl (C=O) groups is 1. The lowest BCUT2D eigenvalue weighted by molar-refractivity contribution is 0.136. The van der Waals surface area contributed by atoms with Crippen molar-refractivity contribution in [2.75, 3.05) is 20.2 Å². The molecular formula is C18H25N3O3. The Bertz CT molecular complexity index is 584. The number of alkyl carbamates (subject to hydrolysis) is 1. The number of aliphatic hydroxyl groups is 1. The minimum Gasteiger partial charge on any atom is -0.445 e. The highest BCUT2D eigenvalue weighted by atomic mass is 16.5. The van der Waals surface area contributed by atoms with Gasteiger partial charge in [-0.3, -0.25) is 4.99 Å². The molecule has 6 heteroatoms. The van der Waals surface area contributed by atoms with Gasteiger partial charge in [-0.2, -0.15) is 0 Å². The lowest BCUT2D eigenvalue weighted by atomic mass is 9.92. The van der Waals surface area contributed by atoms with E-state index in [1.807, 2.05) is 30.3 Å². The van der Waals surface area contributed by atoms with Crippen molar-refractivity contribution in [1.82, 2.24) is 10.6 Å². The standard InChI is InChI=1S/C18H25N3O3/c1-19-12-15-16(20-10-11-22)8-5-9-17(15)21-18(23)24-13-14-6-3-2-4-7-14/h2-4,6-7,12,17,20,22H,5,8-11,13H2,1H3,(H,21,23)/b19-12-/t17-/m1/s1. The normalized spacial score (nSPS) is 17.8. The first-order valence-corrected chi connectivity index (χ1v) is 8.21. The highest BCUT2D eigenvalue weighted by Gasteiger charge is 2.24. The van der Waals surface area contributed by atoms with E-state index in [0.29, 0.717) is 6.54 Å². The molecule has 0 fully saturated rings. The van der Waals surface area contributed by atoms with Gasteiger partial charge in [0.05, 0.1) is 12.6 Å². The Balaban J connectivity index is 1.96. The maximum Gasteiger partial charge on any atom is 0.407 e. The number of nitrogens with zero attached hydrogens (tertiary/aromatic N) is 1. The molecule has 3 N–H and O–H groups in total. The summed E-state index contributed by atoms with van der Waals surface area (Å²) in [7, 11) is 1.70. The first kappa shape index (κ1) is 18.0. The Morgan fingerprint density at radius 2 is 2.21 bits per heavy atom. The molecule has 1 aromatic rings. The average molecular weight is 331 g/mol. The highest BCUT2D eigenvalue weighted by Crippen LogP contribution is 2.22. The van der Waals surface area contributed by atoms with Crippen LogP contribution in [0.2, 0.25) is 0 Å². The lowest BCUT2D eigenvalue weighted by Gasteiger charge is -2.27. The van der Waals surface area contributed by atoms with Crippen LogP contribution in [0.25, 0.3) is 0 Å². The second kappa shape index (κ2) is 9.72. The van der Waals surface area contributed by atoms with E-state index in [1.54, 1.807) is 13.3 Å². The van der Waals surface area contributed by atoms with E-state index in [4.69, 9.17) is 9.84 Å². The second-order valence-corrected chi connectivity index (χ2v) is 5.62. The van der Waals surface area contributed by atoms with Crippen LogP contribution in [0.1, 0.15) is 24.8 Å². The Labute approximate surface area is 142 Å². The molecule has 0 saturated heterocycles. The van der Waals surface area contributed by atoms with Crippen molar-refractivity contribution in [2.24, 2.45) is 4.99 Å². The number of nitrogens with one attached hydrogen (secondary N) is 2. The molecule has 0 unspecified atom stereocenters. The van der Waals surface area contributed by atoms with E-state index in [-0.39, 0.29) is 19.3 Å². The largest absolute Gasteiger partial charge is 0.445 e. The third-order valence-corrected chi connectivity index (χ3v) is 3.87. The summed E-state index contributed by atoms with van der Waals surface area (Å²) in [5.74, 6) is 0. The number of benzene rings is 1. The molecule has 1 atom stereocenters. The Morgan fingerprint density at radius 3 is 2.92 bits per heavy atom. The molecule has 0 aliphatic heterocycles. The fourth-order valence-corrected chi connectivity index (χ4v) is 2.75. The van der Waals surface area contributed by atoms with Gasteiger partial charge in [-0.1, -0.05) is 30.3 Å². The van der Waals surface area contributed by atoms with Crippen LogP contribution in [0.3, 0.4) is 0 Å². The highest BCUT2D eigenvalue weighted by molar-refractivity contribution is 5.83. The Hall–Kier alpha value is -2.34. The van der Waals surface area contributed by atoms with Gasteiger partial charge in [-0.05, 0) is 24.8 Å². The summed E-state index contributed by atoms with van der Waals surface area (Å²) in [6.45, 7) is 0.800. The topological polar surface area (TPSA) is 83.0 Å². The molecule has 0 bridgehead atoms. The van der Waals surface area contributed by atoms with Gasteiger partial charge < -0.3 is 20.5 Å². The molecule has 24 heavy (non-hydrogen) atoms. The summed E-state index contributed by atoms with van der Waals surface area (Å²) in [5.41, 5.74) is 2.93. The van der Waals surface area contributed by atoms with Crippen molar-refractivity contribution >= 4 is 12.3 Å². The number of aliphatic imine (C=N–C) groups is 1. The summed E-state index contributed by atoms with van der Waals surface area (Å²) in [4.78, 5) is 16.2. The molecule has 130 valence electrons. The molecular weight excluding hydrogens is 306 g/mol. The molecule has 1 aliphatic rings. The first-order chi connectivity index (χ1) is 11.7. The maximum absolute atomic E-state index is 12.1. The number of hydrogen-bond acceptors (Lipinski definition) is 5. The van der Waals surface area contributed by atoms with Crippen LogP contribution in [0, 0.1) is 0 Å². The predicted octanol–water partition coefficient (Wildman–Crippen LogP) is 2.00. The van der Waals surface area contributed by atoms with E-state index >= 15 is 0 Å². The molecule has 0 radical (unpaired) electrons. The van der Waals surface area contributed by atoms with Gasteiger partial charge in [0, 0.05) is 31.1 Å². The van der Waals surface area contributed by atoms with E-state index in [2.05, 4.69) is 15.6 Å². The quantitative estimate of drug-likeness (QED) is 0.667. The lowest BCUT2D eigenvalue weighted by Crippen LogP contribution is -2.40. The molecule has 6 nitrogen and oxygen atoms in total. The minimum atomic E-state index is -0.436. The number of amides is 1. The number of ether oxygens (including phenoxy) is 1. The number of allylic oxidation sites excluding steroid dienone is 1. The minimum absolute atomic E-state index is 0.0667. The number of rotatable bonds is 7. The van der Waals surface area contributed by atoms with Gasteiger partial charge in [0.1, 0.15) is 6.61 Å². The number of carbonyl (C=O) groups excluding carboxylic acids is 1. The van der Waals surface area contributed by atoms with Crippen molar-refractivity contribution in [2.45, 2.75) is 31.9 Å². The van der Waals surface area contributed by atoms with Gasteiger partial charge in [-0.15, -0.1) is 0 Å². The SMILES string of the molecule is C/N=C\C1=C(NCCO)CCC[C@H]1NC(=O)OCc1ccccc1. The van der Waals surface area contributed by atoms with E-state index in [9.17, 15) is 4.79 Å². The summed E-state index contributed by atoms with van der Waals surface area (Å²) in [6.07, 6.45) is 4.01. The third-order valence-electron chi connectivity index (χ3n) is 3.87. The van der Waals surface area contributed by atoms with Crippen molar-refractivity contribution in [3.8, 4) is 0 Å². The van der Waals surface area contributed by atoms with Crippen molar-refractivity contribution in [3.63, 3.8) is 0 Å². The van der Waals surface area contributed by atoms with Crippen LogP contribution in [0.4, 0.5) is 4.79 Å². The summed E-state index contributed by atoms with van der Waals surface area (Å²) in [6, 6.07) is 9.45. The van der Waals surface area contributed by atoms with Crippen molar-refractivity contribution in [1.29, 1.82) is 0 Å². The van der Waals surface area contributed by atoms with Gasteiger partial charge in [-0.25, -0.2) is 4.79 Å². The van der Waals surface area contributed by atoms with Gasteiger partial charge in [0.15, 0.2) is 0 Å². The van der Waals surface area contributed by atoms with Crippen LogP contribution >= 0.6 is 0 Å². The maximum atomic E-state index is 12.1. The van der Waals surface area contributed by atoms with Gasteiger partial charge in [0.2, 0.25) is 0 Å². The van der Waals surface area contributed by atoms with Crippen LogP contribution in [0.15, 0.2) is 46.6 Å². The van der Waals surface area contributed by atoms with Crippen LogP contribution in [-0.2, 0) is 11.3 Å². The van der Waals surface area contributed by atoms with Crippen LogP contribution in [-0.4, -0.2) is 43.7 Å². The Morgan fingerprint density at radius 1 is 1.42 bits per heavy atom. The second-order valence-electron chi connectivity index (χ2n) is 5.62. The summed E-state index contributed by atoms with van der Waals surface area (Å²) in [5, 5.41) is 15.1. The molecule has 1 aliphatic carbocycles. The monoisotopic (exact) mass is 331 g/mol. The third kappa shape index (κ3) is 5.38. The van der Waals surface area contributed by atoms with E-state index in [0.717, 1.165) is 36.1 Å². The van der Waals surface area contributed by atoms with Crippen LogP contribution < -0.4 is 10.6 Å². The molecule has 0 spiro atoms. The Kier molecular flexibility index (Phi) is 7.29. The van der Waals surface area contributed by atoms with Crippen molar-refractivity contribution < 1.29 is 14.6 Å². The predicted molar refractivity (Wildman–Crippen MR) is 93.9 cm³/mol. The number of hydrogen-bond donors (Lipinski definition) is 3. The van der Waals surface area contributed by atoms with Gasteiger partial charge in [0.25, 0.3) is 0 Å². The molecule has 0 saturated carbocycles. The van der Waals surface area contributed by atoms with Crippen LogP contribution in [0.5, 0.6) is 0 Å². The molecule has 0 aromatic heterocycles. The smallest absolute Gasteiger partial charge is 0.407 e. The molecule has 1 aromatic carbocycles. The average Bonchev–Trinajstić information content (AvgIpc) is 2.61. The summed E-state index contributed by atoms with van der Waals surface area (Å²) >= 11 is 0. The molecule has 0 heterocycles. The zero-order chi connectivity index (χ0) is 17.2. The van der Waals surface area contributed by atoms with Gasteiger partial charge >= 0.3 is 6.09 Å². The fraction of sp³-hybridized carbons (Fsp3) is 0.444. The molecule has 2 rings (SSSR count). The molecule has 1 amide bonds. The van der Waals surface area contributed by atoms with Crippen molar-refractivity contribution in [3.05, 3.63) is 47.2 Å². The number of aliphatic hydroxyl groups excluding tert-OH is 1. The zero-order valence-electron chi connectivity index (χ0n) is 14.0.